The molecule has 1 aliphatic heterocycles. The van der Waals surface area contributed by atoms with E-state index in [2.05, 4.69) is 70.9 Å². The lowest BCUT2D eigenvalue weighted by Crippen LogP contribution is -2.63. The van der Waals surface area contributed by atoms with Gasteiger partial charge in [0.25, 0.3) is 0 Å². The van der Waals surface area contributed by atoms with Gasteiger partial charge in [0.05, 0.1) is 13.2 Å². The van der Waals surface area contributed by atoms with Gasteiger partial charge in [-0.25, -0.2) is 4.99 Å². The van der Waals surface area contributed by atoms with E-state index in [0.29, 0.717) is 0 Å². The zero-order valence-corrected chi connectivity index (χ0v) is 19.0. The van der Waals surface area contributed by atoms with Crippen molar-refractivity contribution in [1.82, 2.24) is 10.2 Å². The molecule has 4 aliphatic carbocycles. The van der Waals surface area contributed by atoms with Gasteiger partial charge in [0.15, 0.2) is 5.96 Å². The summed E-state index contributed by atoms with van der Waals surface area (Å²) in [5.74, 6) is 3.84. The predicted octanol–water partition coefficient (Wildman–Crippen LogP) is 5.02. The molecule has 0 radical (unpaired) electrons. The molecule has 1 N–H and O–H groups in total. The van der Waals surface area contributed by atoms with Crippen molar-refractivity contribution in [1.29, 1.82) is 0 Å². The molecule has 5 aliphatic rings. The van der Waals surface area contributed by atoms with Crippen molar-refractivity contribution in [3.63, 3.8) is 0 Å². The van der Waals surface area contributed by atoms with Crippen LogP contribution in [0.5, 0.6) is 0 Å². The van der Waals surface area contributed by atoms with E-state index in [1.54, 1.807) is 0 Å². The largest absolute Gasteiger partial charge is 0.378 e. The van der Waals surface area contributed by atoms with Crippen molar-refractivity contribution >= 4 is 5.96 Å². The first-order chi connectivity index (χ1) is 15.8. The molecule has 0 amide bonds. The Kier molecular flexibility index (Phi) is 5.42. The fraction of sp³-hybridized carbons (Fsp3) is 0.536. The topological polar surface area (TPSA) is 36.9 Å². The molecule has 2 aromatic carbocycles. The molecule has 168 valence electrons. The molecule has 7 rings (SSSR count). The lowest BCUT2D eigenvalue weighted by Gasteiger charge is -2.57. The van der Waals surface area contributed by atoms with Crippen molar-refractivity contribution in [3.05, 3.63) is 71.8 Å². The highest BCUT2D eigenvalue weighted by atomic mass is 16.5. The second-order valence-corrected chi connectivity index (χ2v) is 10.6. The van der Waals surface area contributed by atoms with Crippen LogP contribution < -0.4 is 5.32 Å². The van der Waals surface area contributed by atoms with Crippen LogP contribution >= 0.6 is 0 Å². The first-order valence-electron chi connectivity index (χ1n) is 12.5. The number of ether oxygens (including phenoxy) is 1. The van der Waals surface area contributed by atoms with Crippen molar-refractivity contribution < 1.29 is 4.74 Å². The van der Waals surface area contributed by atoms with Gasteiger partial charge in [-0.15, -0.1) is 0 Å². The third-order valence-corrected chi connectivity index (χ3v) is 8.21. The summed E-state index contributed by atoms with van der Waals surface area (Å²) < 4.78 is 5.69. The minimum Gasteiger partial charge on any atom is -0.378 e. The highest BCUT2D eigenvalue weighted by Gasteiger charge is 2.51. The Labute approximate surface area is 192 Å². The van der Waals surface area contributed by atoms with Crippen molar-refractivity contribution in [2.24, 2.45) is 22.7 Å². The summed E-state index contributed by atoms with van der Waals surface area (Å²) in [4.78, 5) is 7.94. The maximum Gasteiger partial charge on any atom is 0.195 e. The number of guanidine groups is 1. The molecule has 0 spiro atoms. The van der Waals surface area contributed by atoms with Gasteiger partial charge in [-0.05, 0) is 67.4 Å². The van der Waals surface area contributed by atoms with Crippen LogP contribution in [0.4, 0.5) is 0 Å². The molecule has 4 bridgehead atoms. The smallest absolute Gasteiger partial charge is 0.195 e. The van der Waals surface area contributed by atoms with Crippen LogP contribution in [0.15, 0.2) is 65.7 Å². The lowest BCUT2D eigenvalue weighted by molar-refractivity contribution is -0.0132. The van der Waals surface area contributed by atoms with Crippen LogP contribution in [0.3, 0.4) is 0 Å². The van der Waals surface area contributed by atoms with Crippen LogP contribution in [-0.2, 0) is 4.74 Å². The molecule has 4 heteroatoms. The quantitative estimate of drug-likeness (QED) is 0.548. The van der Waals surface area contributed by atoms with Gasteiger partial charge < -0.3 is 15.0 Å². The van der Waals surface area contributed by atoms with Crippen LogP contribution in [-0.4, -0.2) is 42.7 Å². The number of aliphatic imine (C=N–C) groups is 1. The molecule has 4 nitrogen and oxygen atoms in total. The van der Waals surface area contributed by atoms with Gasteiger partial charge in [-0.2, -0.15) is 0 Å². The summed E-state index contributed by atoms with van der Waals surface area (Å²) in [6.07, 6.45) is 8.35. The number of hydrogen-bond donors (Lipinski definition) is 1. The summed E-state index contributed by atoms with van der Waals surface area (Å²) in [5, 5.41) is 4.12. The second-order valence-electron chi connectivity index (χ2n) is 10.6. The molecule has 1 heterocycles. The molecular formula is C28H35N3O. The normalized spacial score (nSPS) is 31.8. The van der Waals surface area contributed by atoms with Gasteiger partial charge in [0, 0.05) is 18.6 Å². The fourth-order valence-corrected chi connectivity index (χ4v) is 7.20. The Balaban J connectivity index is 1.38. The monoisotopic (exact) mass is 429 g/mol. The zero-order valence-electron chi connectivity index (χ0n) is 19.0. The van der Waals surface area contributed by atoms with Crippen LogP contribution in [0.2, 0.25) is 0 Å². The maximum atomic E-state index is 5.69. The van der Waals surface area contributed by atoms with Crippen LogP contribution in [0.25, 0.3) is 0 Å². The van der Waals surface area contributed by atoms with E-state index in [9.17, 15) is 0 Å². The molecule has 0 atom stereocenters. The van der Waals surface area contributed by atoms with E-state index < -0.39 is 0 Å². The summed E-state index contributed by atoms with van der Waals surface area (Å²) >= 11 is 0. The van der Waals surface area contributed by atoms with E-state index in [0.717, 1.165) is 50.0 Å². The van der Waals surface area contributed by atoms with Crippen molar-refractivity contribution in [2.45, 2.75) is 50.1 Å². The molecule has 32 heavy (non-hydrogen) atoms. The highest BCUT2D eigenvalue weighted by Crippen LogP contribution is 2.55. The average Bonchev–Trinajstić information content (AvgIpc) is 2.82. The van der Waals surface area contributed by atoms with Gasteiger partial charge in [0.2, 0.25) is 0 Å². The molecule has 2 aromatic rings. The van der Waals surface area contributed by atoms with Crippen molar-refractivity contribution in [3.8, 4) is 0 Å². The summed E-state index contributed by atoms with van der Waals surface area (Å²) in [6, 6.07) is 21.5. The predicted molar refractivity (Wildman–Crippen MR) is 129 cm³/mol. The molecule has 4 saturated carbocycles. The molecule has 0 aromatic heterocycles. The maximum absolute atomic E-state index is 5.69. The minimum atomic E-state index is -0.00310. The van der Waals surface area contributed by atoms with E-state index in [4.69, 9.17) is 9.73 Å². The molecule has 1 saturated heterocycles. The number of benzene rings is 2. The van der Waals surface area contributed by atoms with Gasteiger partial charge in [0.1, 0.15) is 6.04 Å². The Hall–Kier alpha value is -2.33. The highest BCUT2D eigenvalue weighted by molar-refractivity contribution is 5.81. The molecular weight excluding hydrogens is 394 g/mol. The number of nitrogens with zero attached hydrogens (tertiary/aromatic N) is 2. The van der Waals surface area contributed by atoms with E-state index in [1.807, 2.05) is 0 Å². The Morgan fingerprint density at radius 2 is 1.31 bits per heavy atom. The minimum absolute atomic E-state index is 0.00310. The Morgan fingerprint density at radius 1 is 0.812 bits per heavy atom. The van der Waals surface area contributed by atoms with Crippen molar-refractivity contribution in [2.75, 3.05) is 26.3 Å². The Morgan fingerprint density at radius 3 is 1.81 bits per heavy atom. The van der Waals surface area contributed by atoms with Gasteiger partial charge in [-0.1, -0.05) is 60.7 Å². The third-order valence-electron chi connectivity index (χ3n) is 8.21. The number of rotatable bonds is 4. The zero-order chi connectivity index (χ0) is 21.4. The van der Waals surface area contributed by atoms with Gasteiger partial charge in [-0.3, -0.25) is 0 Å². The van der Waals surface area contributed by atoms with Gasteiger partial charge >= 0.3 is 0 Å². The fourth-order valence-electron chi connectivity index (χ4n) is 7.20. The van der Waals surface area contributed by atoms with E-state index in [-0.39, 0.29) is 11.6 Å². The standard InChI is InChI=1S/C28H35N3O/c1-3-7-24(8-4-1)26(25-9-5-2-6-10-25)29-27(31-11-13-32-14-12-31)30-28-18-21-15-22(19-28)17-23(16-21)20-28/h1-10,21-23,26H,11-20H2,(H,29,30). The number of morpholine rings is 1. The van der Waals surface area contributed by atoms with E-state index >= 15 is 0 Å². The summed E-state index contributed by atoms with van der Waals surface area (Å²) in [5.41, 5.74) is 2.73. The Bertz CT molecular complexity index is 861. The SMILES string of the molecule is c1ccc(C(N=C(NC23CC4CC(CC(C4)C2)C3)N2CCOCC2)c2ccccc2)cc1. The first kappa shape index (κ1) is 20.3. The molecule has 5 fully saturated rings. The summed E-state index contributed by atoms with van der Waals surface area (Å²) in [6.45, 7) is 3.38. The number of nitrogens with one attached hydrogen (secondary N) is 1. The van der Waals surface area contributed by atoms with Crippen LogP contribution in [0.1, 0.15) is 55.7 Å². The number of hydrogen-bond acceptors (Lipinski definition) is 2. The molecule has 0 unspecified atom stereocenters. The second kappa shape index (κ2) is 8.55. The summed E-state index contributed by atoms with van der Waals surface area (Å²) in [7, 11) is 0. The third kappa shape index (κ3) is 4.05. The van der Waals surface area contributed by atoms with Crippen LogP contribution in [0, 0.1) is 17.8 Å². The lowest BCUT2D eigenvalue weighted by atomic mass is 9.53. The average molecular weight is 430 g/mol. The van der Waals surface area contributed by atoms with E-state index in [1.165, 1.54) is 49.7 Å². The first-order valence-corrected chi connectivity index (χ1v) is 12.5.